The van der Waals surface area contributed by atoms with E-state index in [0.29, 0.717) is 18.7 Å². The molecular weight excluding hydrogens is 242 g/mol. The molecule has 4 N–H and O–H groups in total. The van der Waals surface area contributed by atoms with Gasteiger partial charge in [0.2, 0.25) is 11.8 Å². The van der Waals surface area contributed by atoms with Crippen molar-refractivity contribution < 1.29 is 9.59 Å². The molecule has 1 fully saturated rings. The van der Waals surface area contributed by atoms with Crippen molar-refractivity contribution in [2.45, 2.75) is 18.9 Å². The first kappa shape index (κ1) is 13.1. The second kappa shape index (κ2) is 6.04. The van der Waals surface area contributed by atoms with Crippen LogP contribution in [0.1, 0.15) is 18.4 Å². The first-order valence-electron chi connectivity index (χ1n) is 6.24. The van der Waals surface area contributed by atoms with Gasteiger partial charge in [0.25, 0.3) is 0 Å². The van der Waals surface area contributed by atoms with Crippen molar-refractivity contribution in [2.75, 3.05) is 12.3 Å². The predicted octanol–water partition coefficient (Wildman–Crippen LogP) is 0.677. The van der Waals surface area contributed by atoms with Crippen molar-refractivity contribution in [3.05, 3.63) is 35.9 Å². The Bertz CT molecular complexity index is 511. The highest BCUT2D eigenvalue weighted by Crippen LogP contribution is 2.08. The molecule has 0 radical (unpaired) electrons. The van der Waals surface area contributed by atoms with Gasteiger partial charge in [-0.05, 0) is 30.2 Å². The van der Waals surface area contributed by atoms with Crippen LogP contribution in [0.3, 0.4) is 0 Å². The fraction of sp³-hybridized carbons (Fsp3) is 0.286. The maximum Gasteiger partial charge on any atom is 0.244 e. The van der Waals surface area contributed by atoms with Gasteiger partial charge in [-0.3, -0.25) is 9.59 Å². The van der Waals surface area contributed by atoms with Crippen LogP contribution in [-0.4, -0.2) is 24.4 Å². The summed E-state index contributed by atoms with van der Waals surface area (Å²) in [7, 11) is 0. The third kappa shape index (κ3) is 4.13. The average Bonchev–Trinajstić information content (AvgIpc) is 2.80. The third-order valence-electron chi connectivity index (χ3n) is 2.95. The van der Waals surface area contributed by atoms with Gasteiger partial charge in [0.05, 0.1) is 0 Å². The van der Waals surface area contributed by atoms with Crippen LogP contribution in [-0.2, 0) is 9.59 Å². The molecule has 1 aromatic carbocycles. The molecule has 1 aliphatic heterocycles. The van der Waals surface area contributed by atoms with Crippen LogP contribution < -0.4 is 16.4 Å². The van der Waals surface area contributed by atoms with Gasteiger partial charge in [-0.2, -0.15) is 0 Å². The van der Waals surface area contributed by atoms with Gasteiger partial charge in [0, 0.05) is 30.8 Å². The van der Waals surface area contributed by atoms with Gasteiger partial charge in [-0.15, -0.1) is 0 Å². The monoisotopic (exact) mass is 259 g/mol. The van der Waals surface area contributed by atoms with E-state index >= 15 is 0 Å². The van der Waals surface area contributed by atoms with Crippen LogP contribution in [0.25, 0.3) is 6.08 Å². The smallest absolute Gasteiger partial charge is 0.244 e. The lowest BCUT2D eigenvalue weighted by molar-refractivity contribution is -0.120. The molecule has 1 saturated heterocycles. The number of nitrogen functional groups attached to an aromatic ring is 1. The lowest BCUT2D eigenvalue weighted by atomic mass is 10.2. The molecule has 1 heterocycles. The van der Waals surface area contributed by atoms with E-state index in [4.69, 9.17) is 5.73 Å². The standard InChI is InChI=1S/C14H17N3O2/c15-11-3-1-2-10(8-11)4-6-13(18)16-9-12-5-7-14(19)17-12/h1-4,6,8,12H,5,7,9,15H2,(H,16,18)(H,17,19)/b6-4+. The van der Waals surface area contributed by atoms with E-state index in [0.717, 1.165) is 12.0 Å². The Balaban J connectivity index is 1.79. The predicted molar refractivity (Wildman–Crippen MR) is 74.1 cm³/mol. The summed E-state index contributed by atoms with van der Waals surface area (Å²) in [4.78, 5) is 22.6. The molecule has 5 nitrogen and oxygen atoms in total. The summed E-state index contributed by atoms with van der Waals surface area (Å²) in [6, 6.07) is 7.34. The zero-order valence-corrected chi connectivity index (χ0v) is 10.6. The minimum absolute atomic E-state index is 0.0505. The Labute approximate surface area is 111 Å². The first-order chi connectivity index (χ1) is 9.13. The number of benzene rings is 1. The highest BCUT2D eigenvalue weighted by molar-refractivity contribution is 5.91. The largest absolute Gasteiger partial charge is 0.399 e. The highest BCUT2D eigenvalue weighted by atomic mass is 16.2. The number of hydrogen-bond donors (Lipinski definition) is 3. The topological polar surface area (TPSA) is 84.2 Å². The lowest BCUT2D eigenvalue weighted by Crippen LogP contribution is -2.37. The van der Waals surface area contributed by atoms with Crippen LogP contribution in [0, 0.1) is 0 Å². The number of carbonyl (C=O) groups is 2. The van der Waals surface area contributed by atoms with E-state index in [2.05, 4.69) is 10.6 Å². The summed E-state index contributed by atoms with van der Waals surface area (Å²) < 4.78 is 0. The molecule has 1 aromatic rings. The number of nitrogens with one attached hydrogen (secondary N) is 2. The second-order valence-corrected chi connectivity index (χ2v) is 4.55. The molecule has 0 bridgehead atoms. The van der Waals surface area contributed by atoms with E-state index in [1.807, 2.05) is 12.1 Å². The van der Waals surface area contributed by atoms with Gasteiger partial charge < -0.3 is 16.4 Å². The molecule has 1 atom stereocenters. The number of carbonyl (C=O) groups excluding carboxylic acids is 2. The summed E-state index contributed by atoms with van der Waals surface area (Å²) >= 11 is 0. The minimum Gasteiger partial charge on any atom is -0.399 e. The summed E-state index contributed by atoms with van der Waals surface area (Å²) in [5, 5.41) is 5.55. The molecule has 19 heavy (non-hydrogen) atoms. The zero-order valence-electron chi connectivity index (χ0n) is 10.6. The zero-order chi connectivity index (χ0) is 13.7. The molecular formula is C14H17N3O2. The molecule has 2 rings (SSSR count). The van der Waals surface area contributed by atoms with Crippen molar-refractivity contribution in [1.29, 1.82) is 0 Å². The number of nitrogens with two attached hydrogens (primary N) is 1. The Hall–Kier alpha value is -2.30. The molecule has 1 unspecified atom stereocenters. The SMILES string of the molecule is Nc1cccc(/C=C/C(=O)NCC2CCC(=O)N2)c1. The molecule has 0 aliphatic carbocycles. The second-order valence-electron chi connectivity index (χ2n) is 4.55. The molecule has 1 aliphatic rings. The van der Waals surface area contributed by atoms with Crippen LogP contribution in [0.4, 0.5) is 5.69 Å². The van der Waals surface area contributed by atoms with Crippen LogP contribution in [0.2, 0.25) is 0 Å². The van der Waals surface area contributed by atoms with E-state index in [1.54, 1.807) is 18.2 Å². The van der Waals surface area contributed by atoms with Crippen molar-refractivity contribution in [3.63, 3.8) is 0 Å². The van der Waals surface area contributed by atoms with Gasteiger partial charge in [0.15, 0.2) is 0 Å². The maximum atomic E-state index is 11.6. The Morgan fingerprint density at radius 1 is 1.53 bits per heavy atom. The van der Waals surface area contributed by atoms with E-state index in [1.165, 1.54) is 6.08 Å². The fourth-order valence-corrected chi connectivity index (χ4v) is 1.95. The molecule has 0 aromatic heterocycles. The number of rotatable bonds is 4. The Morgan fingerprint density at radius 2 is 2.37 bits per heavy atom. The number of hydrogen-bond acceptors (Lipinski definition) is 3. The molecule has 0 spiro atoms. The van der Waals surface area contributed by atoms with Crippen molar-refractivity contribution in [1.82, 2.24) is 10.6 Å². The highest BCUT2D eigenvalue weighted by Gasteiger charge is 2.20. The van der Waals surface area contributed by atoms with E-state index in [9.17, 15) is 9.59 Å². The Kier molecular flexibility index (Phi) is 4.18. The van der Waals surface area contributed by atoms with Gasteiger partial charge in [-0.1, -0.05) is 12.1 Å². The number of amides is 2. The maximum absolute atomic E-state index is 11.6. The van der Waals surface area contributed by atoms with E-state index in [-0.39, 0.29) is 17.9 Å². The normalized spacial score (nSPS) is 18.5. The fourth-order valence-electron chi connectivity index (χ4n) is 1.95. The molecule has 2 amide bonds. The van der Waals surface area contributed by atoms with Gasteiger partial charge in [0.1, 0.15) is 0 Å². The minimum atomic E-state index is -0.177. The first-order valence-corrected chi connectivity index (χ1v) is 6.24. The summed E-state index contributed by atoms with van der Waals surface area (Å²) in [6.07, 6.45) is 4.49. The van der Waals surface area contributed by atoms with Crippen LogP contribution >= 0.6 is 0 Å². The summed E-state index contributed by atoms with van der Waals surface area (Å²) in [5.41, 5.74) is 7.19. The Morgan fingerprint density at radius 3 is 3.05 bits per heavy atom. The van der Waals surface area contributed by atoms with Crippen molar-refractivity contribution in [2.24, 2.45) is 0 Å². The summed E-state index contributed by atoms with van der Waals surface area (Å²) in [6.45, 7) is 0.464. The van der Waals surface area contributed by atoms with Crippen LogP contribution in [0.15, 0.2) is 30.3 Å². The third-order valence-corrected chi connectivity index (χ3v) is 2.95. The lowest BCUT2D eigenvalue weighted by Gasteiger charge is -2.09. The van der Waals surface area contributed by atoms with Crippen molar-refractivity contribution in [3.8, 4) is 0 Å². The van der Waals surface area contributed by atoms with Crippen LogP contribution in [0.5, 0.6) is 0 Å². The number of anilines is 1. The quantitative estimate of drug-likeness (QED) is 0.549. The van der Waals surface area contributed by atoms with Gasteiger partial charge >= 0.3 is 0 Å². The summed E-state index contributed by atoms with van der Waals surface area (Å²) in [5.74, 6) is -0.127. The van der Waals surface area contributed by atoms with E-state index < -0.39 is 0 Å². The van der Waals surface area contributed by atoms with Crippen molar-refractivity contribution >= 4 is 23.6 Å². The molecule has 100 valence electrons. The van der Waals surface area contributed by atoms with Gasteiger partial charge in [-0.25, -0.2) is 0 Å². The molecule has 0 saturated carbocycles. The molecule has 5 heteroatoms. The average molecular weight is 259 g/mol.